The Morgan fingerprint density at radius 3 is 1.43 bits per heavy atom. The summed E-state index contributed by atoms with van der Waals surface area (Å²) in [4.78, 5) is 4.29. The average Bonchev–Trinajstić information content (AvgIpc) is 1.57. The normalized spacial score (nSPS) is 14.3. The monoisotopic (exact) mass is 1070 g/mol. The smallest absolute Gasteiger partial charge is 0.220 e. The summed E-state index contributed by atoms with van der Waals surface area (Å²) in [5, 5.41) is 18.5. The van der Waals surface area contributed by atoms with Crippen LogP contribution in [0.4, 0.5) is 5.69 Å². The van der Waals surface area contributed by atoms with Crippen molar-refractivity contribution in [3.63, 3.8) is 0 Å². The van der Waals surface area contributed by atoms with Crippen molar-refractivity contribution in [3.05, 3.63) is 271 Å². The third-order valence-corrected chi connectivity index (χ3v) is 17.6. The van der Waals surface area contributed by atoms with E-state index in [-0.39, 0.29) is 33.6 Å². The van der Waals surface area contributed by atoms with Gasteiger partial charge in [-0.3, -0.25) is 0 Å². The summed E-state index contributed by atoms with van der Waals surface area (Å²) in [6, 6.07) is 44.0. The Morgan fingerprint density at radius 2 is 0.887 bits per heavy atom. The lowest BCUT2D eigenvalue weighted by molar-refractivity contribution is 1.14. The topological polar surface area (TPSA) is 38.0 Å². The van der Waals surface area contributed by atoms with Crippen LogP contribution in [0.5, 0.6) is 0 Å². The van der Waals surface area contributed by atoms with Crippen molar-refractivity contribution in [1.82, 2.24) is 9.13 Å². The fourth-order valence-electron chi connectivity index (χ4n) is 12.0. The van der Waals surface area contributed by atoms with Crippen molar-refractivity contribution in [1.29, 1.82) is 5.26 Å². The number of fused-ring (bicyclic) bond motifs is 14. The van der Waals surface area contributed by atoms with Crippen LogP contribution < -0.4 is 0 Å². The van der Waals surface area contributed by atoms with Gasteiger partial charge >= 0.3 is 0 Å². The minimum Gasteiger partial charge on any atom is -0.318 e. The maximum absolute atomic E-state index is 12.7. The quantitative estimate of drug-likeness (QED) is 0.147. The molecule has 0 N–H and O–H groups in total. The van der Waals surface area contributed by atoms with Crippen LogP contribution >= 0.6 is 22.7 Å². The maximum atomic E-state index is 12.7. The molecule has 12 aromatic carbocycles. The van der Waals surface area contributed by atoms with Gasteiger partial charge in [0.1, 0.15) is 6.07 Å². The molecule has 0 saturated carbocycles. The number of nitrogens with zero attached hydrogens (tertiary/aromatic N) is 4. The maximum Gasteiger partial charge on any atom is 0.220 e. The molecule has 370 valence electrons. The van der Waals surface area contributed by atoms with E-state index in [1.807, 2.05) is 114 Å². The Labute approximate surface area is 489 Å². The third-order valence-electron chi connectivity index (χ3n) is 15.2. The molecule has 80 heavy (non-hydrogen) atoms. The van der Waals surface area contributed by atoms with Gasteiger partial charge in [0.05, 0.1) is 75.5 Å². The molecule has 4 nitrogen and oxygen atoms in total. The molecule has 6 heteroatoms. The molecule has 0 aliphatic rings. The summed E-state index contributed by atoms with van der Waals surface area (Å²) in [6.45, 7) is 9.64. The predicted molar refractivity (Wildman–Crippen MR) is 339 cm³/mol. The number of para-hydroxylation sites is 1. The van der Waals surface area contributed by atoms with Gasteiger partial charge in [-0.05, 0) is 80.9 Å². The molecule has 4 heterocycles. The lowest BCUT2D eigenvalue weighted by atomic mass is 9.88. The first-order chi connectivity index (χ1) is 45.9. The molecule has 0 bridgehead atoms. The zero-order valence-electron chi connectivity index (χ0n) is 56.7. The minimum absolute atomic E-state index is 0.136. The summed E-state index contributed by atoms with van der Waals surface area (Å²) in [5.74, 6) is 0. The summed E-state index contributed by atoms with van der Waals surface area (Å²) in [6.07, 6.45) is 0. The van der Waals surface area contributed by atoms with Gasteiger partial charge in [0.15, 0.2) is 0 Å². The van der Waals surface area contributed by atoms with Crippen LogP contribution in [0.15, 0.2) is 254 Å². The molecule has 0 unspecified atom stereocenters. The molecule has 0 fully saturated rings. The summed E-state index contributed by atoms with van der Waals surface area (Å²) in [5.41, 5.74) is 1.94. The third kappa shape index (κ3) is 6.71. The molecule has 0 amide bonds. The van der Waals surface area contributed by atoms with Crippen molar-refractivity contribution in [2.24, 2.45) is 0 Å². The van der Waals surface area contributed by atoms with Crippen molar-refractivity contribution in [3.8, 4) is 73.1 Å². The zero-order valence-corrected chi connectivity index (χ0v) is 43.3. The van der Waals surface area contributed by atoms with Crippen LogP contribution in [0.25, 0.3) is 156 Å². The highest BCUT2D eigenvalue weighted by molar-refractivity contribution is 7.27. The van der Waals surface area contributed by atoms with Gasteiger partial charge in [-0.2, -0.15) is 5.26 Å². The second-order valence-corrected chi connectivity index (χ2v) is 21.4. The van der Waals surface area contributed by atoms with Crippen LogP contribution in [0, 0.1) is 17.9 Å². The lowest BCUT2D eigenvalue weighted by Crippen LogP contribution is -2.09. The van der Waals surface area contributed by atoms with Crippen molar-refractivity contribution in [2.45, 2.75) is 0 Å². The van der Waals surface area contributed by atoms with E-state index >= 15 is 0 Å². The van der Waals surface area contributed by atoms with Crippen molar-refractivity contribution < 1.29 is 20.6 Å². The molecule has 4 aromatic heterocycles. The highest BCUT2D eigenvalue weighted by Crippen LogP contribution is 2.57. The Morgan fingerprint density at radius 1 is 0.412 bits per heavy atom. The molecule has 16 rings (SSSR count). The number of hydrogen-bond acceptors (Lipinski definition) is 3. The van der Waals surface area contributed by atoms with Crippen LogP contribution in [-0.2, 0) is 0 Å². The minimum atomic E-state index is -0.781. The SMILES string of the molecule is [2H]c1c([2H])c([2H])c(-c2ccc3c4ccccc4n(-c4c([N+]#[C-])c(-c5c([2H])c([2H])c([2H])c([2H])c5[2H])c(C#N)c(-n5c6c(cc(-c7ccccc7)c7c8ccccc8sc76)c6cc(-c7ccccc7)c7c8ccccc8sc7c65)c4-c4c([2H])c([2H])c([2H])c([2H])c4[2H])c3c2)c([2H])c1[2H]. The van der Waals surface area contributed by atoms with Crippen LogP contribution in [0.1, 0.15) is 26.1 Å². The number of nitriles is 1. The van der Waals surface area contributed by atoms with Gasteiger partial charge in [-0.15, -0.1) is 22.7 Å². The van der Waals surface area contributed by atoms with E-state index in [4.69, 9.17) is 6.85 Å². The molecule has 0 aliphatic heterocycles. The van der Waals surface area contributed by atoms with Gasteiger partial charge in [0.25, 0.3) is 0 Å². The van der Waals surface area contributed by atoms with Gasteiger partial charge in [0.2, 0.25) is 5.69 Å². The van der Waals surface area contributed by atoms with Gasteiger partial charge < -0.3 is 9.13 Å². The lowest BCUT2D eigenvalue weighted by Gasteiger charge is -2.26. The summed E-state index contributed by atoms with van der Waals surface area (Å²) < 4.78 is 147. The molecule has 0 spiro atoms. The van der Waals surface area contributed by atoms with E-state index in [1.165, 1.54) is 22.7 Å². The number of thiophene rings is 2. The van der Waals surface area contributed by atoms with Crippen molar-refractivity contribution in [2.75, 3.05) is 0 Å². The van der Waals surface area contributed by atoms with Crippen LogP contribution in [-0.4, -0.2) is 9.13 Å². The van der Waals surface area contributed by atoms with Gasteiger partial charge in [-0.1, -0.05) is 218 Å². The number of rotatable bonds is 7. The van der Waals surface area contributed by atoms with E-state index in [1.54, 1.807) is 47.0 Å². The fraction of sp³-hybridized carbons (Fsp3) is 0. The van der Waals surface area contributed by atoms with Crippen molar-refractivity contribution >= 4 is 112 Å². The second-order valence-electron chi connectivity index (χ2n) is 19.3. The standard InChI is InChI=1S/C74H42N4S2/c1-76-68-64(48-29-13-5-14-30-48)59(44-75)69(65(49-31-15-6-16-32-49)72(68)77-60-36-20-17-33-51(60)52-40-39-50(41-61(52)77)45-23-7-2-8-24-45)78-70-57(42-55(46-25-9-3-10-26-46)66-53-34-18-21-37-62(53)79-73(66)70)58-43-56(47-27-11-4-12-28-47)67-54-35-19-22-38-63(54)80-74(67)71(58)78/h2-43H/i2D,5D,6D,7D,8D,13D,14D,15D,16D,23D,24D,29D,30D,31D,32D. The van der Waals surface area contributed by atoms with Crippen LogP contribution in [0.3, 0.4) is 0 Å². The first kappa shape index (κ1) is 33.1. The Balaban J connectivity index is 1.27. The molecule has 0 saturated heterocycles. The molecule has 0 aliphatic carbocycles. The van der Waals surface area contributed by atoms with E-state index < -0.39 is 119 Å². The molecular formula is C74H42N4S2. The summed E-state index contributed by atoms with van der Waals surface area (Å²) >= 11 is 2.96. The highest BCUT2D eigenvalue weighted by atomic mass is 32.1. The van der Waals surface area contributed by atoms with E-state index in [0.717, 1.165) is 53.2 Å². The highest BCUT2D eigenvalue weighted by Gasteiger charge is 2.34. The Kier molecular flexibility index (Phi) is 7.49. The predicted octanol–water partition coefficient (Wildman–Crippen LogP) is 21.4. The largest absolute Gasteiger partial charge is 0.318 e. The van der Waals surface area contributed by atoms with Gasteiger partial charge in [-0.25, -0.2) is 4.85 Å². The number of aromatic nitrogens is 2. The van der Waals surface area contributed by atoms with Crippen LogP contribution in [0.2, 0.25) is 0 Å². The van der Waals surface area contributed by atoms with E-state index in [0.29, 0.717) is 47.5 Å². The number of benzene rings is 12. The first-order valence-electron chi connectivity index (χ1n) is 33.0. The average molecular weight is 1070 g/mol. The first-order valence-corrected chi connectivity index (χ1v) is 27.2. The Bertz CT molecular complexity index is 6000. The molecule has 0 atom stereocenters. The fourth-order valence-corrected chi connectivity index (χ4v) is 14.5. The molecule has 0 radical (unpaired) electrons. The second kappa shape index (κ2) is 18.1. The molecular weight excluding hydrogens is 1010 g/mol. The molecule has 16 aromatic rings. The zero-order chi connectivity index (χ0) is 66.1. The summed E-state index contributed by atoms with van der Waals surface area (Å²) in [7, 11) is 0. The van der Waals surface area contributed by atoms with E-state index in [2.05, 4.69) is 23.0 Å². The number of hydrogen-bond donors (Lipinski definition) is 0. The van der Waals surface area contributed by atoms with E-state index in [9.17, 15) is 25.5 Å². The van der Waals surface area contributed by atoms with Gasteiger partial charge in [0, 0.05) is 63.6 Å². The Hall–Kier alpha value is -10.3.